The summed E-state index contributed by atoms with van der Waals surface area (Å²) >= 11 is 0. The Morgan fingerprint density at radius 1 is 0.923 bits per heavy atom. The zero-order valence-electron chi connectivity index (χ0n) is 14.6. The Labute approximate surface area is 149 Å². The zero-order valence-corrected chi connectivity index (χ0v) is 14.6. The summed E-state index contributed by atoms with van der Waals surface area (Å²) < 4.78 is 15.1. The van der Waals surface area contributed by atoms with Crippen LogP contribution in [0.15, 0.2) is 18.2 Å². The number of aromatic hydroxyl groups is 1. The quantitative estimate of drug-likeness (QED) is 0.719. The highest BCUT2D eigenvalue weighted by atomic mass is 16.5. The van der Waals surface area contributed by atoms with Gasteiger partial charge in [-0.1, -0.05) is 0 Å². The van der Waals surface area contributed by atoms with Gasteiger partial charge in [0.25, 0.3) is 0 Å². The topological polar surface area (TPSA) is 99.1 Å². The number of carbonyl (C=O) groups is 3. The summed E-state index contributed by atoms with van der Waals surface area (Å²) in [7, 11) is 3.92. The molecule has 7 heteroatoms. The molecule has 7 nitrogen and oxygen atoms in total. The van der Waals surface area contributed by atoms with Gasteiger partial charge in [0.2, 0.25) is 5.78 Å². The normalized spacial score (nSPS) is 12.3. The van der Waals surface area contributed by atoms with Crippen LogP contribution in [0.5, 0.6) is 17.2 Å². The van der Waals surface area contributed by atoms with Gasteiger partial charge in [-0.15, -0.1) is 0 Å². The molecule has 26 heavy (non-hydrogen) atoms. The summed E-state index contributed by atoms with van der Waals surface area (Å²) in [5, 5.41) is 10.6. The predicted octanol–water partition coefficient (Wildman–Crippen LogP) is 2.28. The zero-order chi connectivity index (χ0) is 19.2. The van der Waals surface area contributed by atoms with Gasteiger partial charge in [-0.3, -0.25) is 9.59 Å². The molecule has 0 bridgehead atoms. The van der Waals surface area contributed by atoms with Crippen LogP contribution < -0.4 is 9.47 Å². The Morgan fingerprint density at radius 3 is 1.96 bits per heavy atom. The standard InChI is InChI=1S/C19H16O7/c1-8-7-9-13(17(21)12(8)19(23)26-4)18(22)15-11(25-3)6-5-10(24-2)14(15)16(9)20/h5-7,21H,1-4H3. The predicted molar refractivity (Wildman–Crippen MR) is 90.6 cm³/mol. The minimum Gasteiger partial charge on any atom is -0.506 e. The number of ketones is 2. The lowest BCUT2D eigenvalue weighted by Gasteiger charge is -2.23. The molecule has 0 unspecified atom stereocenters. The number of benzene rings is 2. The highest BCUT2D eigenvalue weighted by molar-refractivity contribution is 6.31. The number of ether oxygens (including phenoxy) is 3. The van der Waals surface area contributed by atoms with Gasteiger partial charge < -0.3 is 19.3 Å². The lowest BCUT2D eigenvalue weighted by Crippen LogP contribution is -2.24. The molecule has 1 N–H and O–H groups in total. The van der Waals surface area contributed by atoms with E-state index in [0.717, 1.165) is 7.11 Å². The van der Waals surface area contributed by atoms with Crippen LogP contribution in [0, 0.1) is 6.92 Å². The number of hydrogen-bond donors (Lipinski definition) is 1. The lowest BCUT2D eigenvalue weighted by molar-refractivity contribution is 0.0596. The van der Waals surface area contributed by atoms with E-state index >= 15 is 0 Å². The van der Waals surface area contributed by atoms with Crippen molar-refractivity contribution in [1.82, 2.24) is 0 Å². The third-order valence-corrected chi connectivity index (χ3v) is 4.38. The molecule has 1 aliphatic carbocycles. The molecule has 3 rings (SSSR count). The third kappa shape index (κ3) is 2.24. The van der Waals surface area contributed by atoms with Gasteiger partial charge in [0.05, 0.1) is 38.0 Å². The SMILES string of the molecule is COC(=O)c1c(C)cc2c(c1O)C(=O)c1c(OC)ccc(OC)c1C2=O. The van der Waals surface area contributed by atoms with Crippen molar-refractivity contribution >= 4 is 17.5 Å². The van der Waals surface area contributed by atoms with Crippen LogP contribution in [-0.2, 0) is 4.74 Å². The minimum atomic E-state index is -0.800. The highest BCUT2D eigenvalue weighted by Gasteiger charge is 2.39. The summed E-state index contributed by atoms with van der Waals surface area (Å²) in [5.41, 5.74) is -0.0395. The molecule has 0 aliphatic heterocycles. The van der Waals surface area contributed by atoms with E-state index in [9.17, 15) is 19.5 Å². The van der Waals surface area contributed by atoms with Gasteiger partial charge in [-0.05, 0) is 30.7 Å². The second-order valence-corrected chi connectivity index (χ2v) is 5.71. The van der Waals surface area contributed by atoms with Crippen LogP contribution in [0.25, 0.3) is 0 Å². The first-order valence-corrected chi connectivity index (χ1v) is 7.66. The Hall–Kier alpha value is -3.35. The number of phenolic OH excluding ortho intramolecular Hbond substituents is 1. The molecule has 0 fully saturated rings. The first kappa shape index (κ1) is 17.5. The maximum atomic E-state index is 13.1. The van der Waals surface area contributed by atoms with E-state index in [0.29, 0.717) is 5.56 Å². The second-order valence-electron chi connectivity index (χ2n) is 5.71. The average molecular weight is 356 g/mol. The lowest BCUT2D eigenvalue weighted by atomic mass is 9.80. The van der Waals surface area contributed by atoms with Gasteiger partial charge >= 0.3 is 5.97 Å². The second kappa shape index (κ2) is 6.18. The fourth-order valence-corrected chi connectivity index (χ4v) is 3.18. The van der Waals surface area contributed by atoms with E-state index < -0.39 is 23.3 Å². The van der Waals surface area contributed by atoms with Crippen LogP contribution in [0.4, 0.5) is 0 Å². The molecule has 0 atom stereocenters. The Kier molecular flexibility index (Phi) is 4.15. The van der Waals surface area contributed by atoms with Crippen LogP contribution in [0.3, 0.4) is 0 Å². The van der Waals surface area contributed by atoms with Crippen molar-refractivity contribution in [3.05, 3.63) is 51.6 Å². The van der Waals surface area contributed by atoms with Gasteiger partial charge in [0.1, 0.15) is 22.8 Å². The van der Waals surface area contributed by atoms with Crippen LogP contribution in [0.2, 0.25) is 0 Å². The molecule has 0 amide bonds. The average Bonchev–Trinajstić information content (AvgIpc) is 2.64. The first-order valence-electron chi connectivity index (χ1n) is 7.66. The maximum absolute atomic E-state index is 13.1. The van der Waals surface area contributed by atoms with Crippen LogP contribution >= 0.6 is 0 Å². The highest BCUT2D eigenvalue weighted by Crippen LogP contribution is 2.42. The molecule has 134 valence electrons. The summed E-state index contributed by atoms with van der Waals surface area (Å²) in [5.74, 6) is -2.12. The Bertz CT molecular complexity index is 973. The van der Waals surface area contributed by atoms with Gasteiger partial charge in [0, 0.05) is 5.56 Å². The fraction of sp³-hybridized carbons (Fsp3) is 0.211. The number of hydrogen-bond acceptors (Lipinski definition) is 7. The molecule has 0 aromatic heterocycles. The first-order chi connectivity index (χ1) is 12.4. The van der Waals surface area contributed by atoms with Crippen molar-refractivity contribution in [2.75, 3.05) is 21.3 Å². The Morgan fingerprint density at radius 2 is 1.46 bits per heavy atom. The van der Waals surface area contributed by atoms with Crippen molar-refractivity contribution in [3.8, 4) is 17.2 Å². The molecule has 1 aliphatic rings. The summed E-state index contributed by atoms with van der Waals surface area (Å²) in [6.45, 7) is 1.54. The smallest absolute Gasteiger partial charge is 0.341 e. The molecule has 0 saturated carbocycles. The van der Waals surface area contributed by atoms with Crippen molar-refractivity contribution in [3.63, 3.8) is 0 Å². The van der Waals surface area contributed by atoms with Crippen molar-refractivity contribution in [2.24, 2.45) is 0 Å². The Balaban J connectivity index is 2.39. The number of esters is 1. The summed E-state index contributed by atoms with van der Waals surface area (Å²) in [6, 6.07) is 4.42. The molecule has 2 aromatic carbocycles. The van der Waals surface area contributed by atoms with Crippen molar-refractivity contribution < 1.29 is 33.7 Å². The number of aryl methyl sites for hydroxylation is 1. The fourth-order valence-electron chi connectivity index (χ4n) is 3.18. The molecule has 0 radical (unpaired) electrons. The number of rotatable bonds is 3. The molecule has 0 saturated heterocycles. The molecular weight excluding hydrogens is 340 g/mol. The maximum Gasteiger partial charge on any atom is 0.341 e. The van der Waals surface area contributed by atoms with E-state index in [1.807, 2.05) is 0 Å². The van der Waals surface area contributed by atoms with E-state index in [4.69, 9.17) is 9.47 Å². The third-order valence-electron chi connectivity index (χ3n) is 4.38. The van der Waals surface area contributed by atoms with Gasteiger partial charge in [0.15, 0.2) is 5.78 Å². The molecule has 0 spiro atoms. The molecule has 0 heterocycles. The number of fused-ring (bicyclic) bond motifs is 2. The summed E-state index contributed by atoms with van der Waals surface area (Å²) in [6.07, 6.45) is 0. The van der Waals surface area contributed by atoms with E-state index in [1.54, 1.807) is 6.92 Å². The van der Waals surface area contributed by atoms with E-state index in [2.05, 4.69) is 4.74 Å². The number of methoxy groups -OCH3 is 3. The van der Waals surface area contributed by atoms with E-state index in [-0.39, 0.29) is 39.3 Å². The minimum absolute atomic E-state index is 0.00305. The van der Waals surface area contributed by atoms with Crippen molar-refractivity contribution in [2.45, 2.75) is 6.92 Å². The van der Waals surface area contributed by atoms with Crippen LogP contribution in [-0.4, -0.2) is 44.0 Å². The number of carbonyl (C=O) groups excluding carboxylic acids is 3. The monoisotopic (exact) mass is 356 g/mol. The van der Waals surface area contributed by atoms with Crippen molar-refractivity contribution in [1.29, 1.82) is 0 Å². The molecule has 2 aromatic rings. The van der Waals surface area contributed by atoms with Gasteiger partial charge in [-0.2, -0.15) is 0 Å². The molecular formula is C19H16O7. The largest absolute Gasteiger partial charge is 0.506 e. The van der Waals surface area contributed by atoms with Crippen LogP contribution in [0.1, 0.15) is 47.8 Å². The van der Waals surface area contributed by atoms with E-state index in [1.165, 1.54) is 32.4 Å². The van der Waals surface area contributed by atoms with Gasteiger partial charge in [-0.25, -0.2) is 4.79 Å². The summed E-state index contributed by atoms with van der Waals surface area (Å²) in [4.78, 5) is 38.1. The number of phenols is 1.